The van der Waals surface area contributed by atoms with Gasteiger partial charge in [-0.25, -0.2) is 0 Å². The highest BCUT2D eigenvalue weighted by Gasteiger charge is 2.18. The number of hydrogen-bond donors (Lipinski definition) is 1. The first kappa shape index (κ1) is 17.4. The van der Waals surface area contributed by atoms with Crippen molar-refractivity contribution in [2.45, 2.75) is 26.7 Å². The summed E-state index contributed by atoms with van der Waals surface area (Å²) in [7, 11) is 3.70. The molecule has 0 fully saturated rings. The number of aromatic nitrogens is 4. The zero-order chi connectivity index (χ0) is 18.0. The molecular formula is C18H23N5OS. The van der Waals surface area contributed by atoms with E-state index in [1.807, 2.05) is 51.5 Å². The van der Waals surface area contributed by atoms with Crippen LogP contribution in [0.2, 0.25) is 0 Å². The molecule has 0 aliphatic carbocycles. The molecule has 0 atom stereocenters. The van der Waals surface area contributed by atoms with Crippen molar-refractivity contribution in [1.29, 1.82) is 0 Å². The number of hydrogen-bond acceptors (Lipinski definition) is 4. The summed E-state index contributed by atoms with van der Waals surface area (Å²) < 4.78 is 1.77. The van der Waals surface area contributed by atoms with Crippen molar-refractivity contribution in [3.63, 3.8) is 0 Å². The molecule has 0 aliphatic rings. The minimum absolute atomic E-state index is 0.0426. The van der Waals surface area contributed by atoms with Gasteiger partial charge in [0.15, 0.2) is 5.69 Å². The first-order valence-corrected chi connectivity index (χ1v) is 9.19. The first-order valence-electron chi connectivity index (χ1n) is 8.31. The number of aromatic amines is 1. The number of carbonyl (C=O) groups excluding carboxylic acids is 1. The Labute approximate surface area is 151 Å². The third-order valence-corrected chi connectivity index (χ3v) is 5.31. The monoisotopic (exact) mass is 357 g/mol. The van der Waals surface area contributed by atoms with E-state index in [0.717, 1.165) is 34.8 Å². The van der Waals surface area contributed by atoms with Crippen LogP contribution in [0.15, 0.2) is 23.6 Å². The molecule has 1 amide bonds. The lowest BCUT2D eigenvalue weighted by Gasteiger charge is -2.15. The molecule has 7 heteroatoms. The normalized spacial score (nSPS) is 11.0. The Morgan fingerprint density at radius 1 is 1.40 bits per heavy atom. The second kappa shape index (κ2) is 7.23. The van der Waals surface area contributed by atoms with Crippen LogP contribution in [0.1, 0.15) is 33.9 Å². The maximum atomic E-state index is 12.6. The van der Waals surface area contributed by atoms with Gasteiger partial charge in [-0.05, 0) is 49.8 Å². The first-order chi connectivity index (χ1) is 12.0. The van der Waals surface area contributed by atoms with Crippen LogP contribution in [0.25, 0.3) is 10.6 Å². The van der Waals surface area contributed by atoms with E-state index >= 15 is 0 Å². The van der Waals surface area contributed by atoms with Crippen molar-refractivity contribution in [3.05, 3.63) is 46.2 Å². The summed E-state index contributed by atoms with van der Waals surface area (Å²) in [6.07, 6.45) is 1.81. The minimum atomic E-state index is -0.0426. The summed E-state index contributed by atoms with van der Waals surface area (Å²) >= 11 is 1.64. The number of H-pyrrole nitrogens is 1. The Morgan fingerprint density at radius 3 is 2.84 bits per heavy atom. The molecule has 25 heavy (non-hydrogen) atoms. The summed E-state index contributed by atoms with van der Waals surface area (Å²) in [5.74, 6) is -0.0426. The van der Waals surface area contributed by atoms with Crippen LogP contribution in [0.3, 0.4) is 0 Å². The molecule has 3 aromatic rings. The fraction of sp³-hybridized carbons (Fsp3) is 0.389. The van der Waals surface area contributed by atoms with E-state index in [-0.39, 0.29) is 5.91 Å². The van der Waals surface area contributed by atoms with E-state index in [1.165, 1.54) is 5.56 Å². The van der Waals surface area contributed by atoms with Crippen LogP contribution in [-0.4, -0.2) is 44.4 Å². The van der Waals surface area contributed by atoms with Crippen LogP contribution in [0.4, 0.5) is 0 Å². The summed E-state index contributed by atoms with van der Waals surface area (Å²) in [6.45, 7) is 4.73. The number of amides is 1. The molecule has 0 bridgehead atoms. The van der Waals surface area contributed by atoms with E-state index in [2.05, 4.69) is 15.3 Å². The Bertz CT molecular complexity index is 843. The summed E-state index contributed by atoms with van der Waals surface area (Å²) in [5, 5.41) is 13.6. The zero-order valence-electron chi connectivity index (χ0n) is 15.0. The molecule has 1 N–H and O–H groups in total. The van der Waals surface area contributed by atoms with Gasteiger partial charge < -0.3 is 4.90 Å². The second-order valence-corrected chi connectivity index (χ2v) is 7.21. The lowest BCUT2D eigenvalue weighted by molar-refractivity contribution is 0.0787. The maximum absolute atomic E-state index is 12.6. The van der Waals surface area contributed by atoms with Gasteiger partial charge in [-0.2, -0.15) is 10.2 Å². The fourth-order valence-electron chi connectivity index (χ4n) is 2.96. The topological polar surface area (TPSA) is 66.8 Å². The smallest absolute Gasteiger partial charge is 0.274 e. The van der Waals surface area contributed by atoms with Crippen LogP contribution in [-0.2, 0) is 13.5 Å². The van der Waals surface area contributed by atoms with Gasteiger partial charge in [-0.3, -0.25) is 14.6 Å². The molecule has 3 aromatic heterocycles. The van der Waals surface area contributed by atoms with Crippen molar-refractivity contribution < 1.29 is 4.79 Å². The number of rotatable bonds is 6. The molecule has 0 aliphatic heterocycles. The quantitative estimate of drug-likeness (QED) is 0.737. The number of nitrogens with one attached hydrogen (secondary N) is 1. The maximum Gasteiger partial charge on any atom is 0.274 e. The van der Waals surface area contributed by atoms with Gasteiger partial charge in [0.05, 0.1) is 16.3 Å². The van der Waals surface area contributed by atoms with Crippen LogP contribution in [0, 0.1) is 13.8 Å². The summed E-state index contributed by atoms with van der Waals surface area (Å²) in [6, 6.07) is 5.91. The Morgan fingerprint density at radius 2 is 2.20 bits per heavy atom. The number of carbonyl (C=O) groups is 1. The van der Waals surface area contributed by atoms with Crippen molar-refractivity contribution in [2.24, 2.45) is 7.05 Å². The van der Waals surface area contributed by atoms with Crippen molar-refractivity contribution in [2.75, 3.05) is 13.6 Å². The van der Waals surface area contributed by atoms with Gasteiger partial charge in [0, 0.05) is 26.3 Å². The average Bonchev–Trinajstić information content (AvgIpc) is 3.30. The highest BCUT2D eigenvalue weighted by molar-refractivity contribution is 7.13. The number of thiophene rings is 1. The SMILES string of the molecule is Cc1n[nH]c(C)c1CCCN(C)C(=O)c1cc(-c2cccs2)n(C)n1. The Balaban J connectivity index is 1.62. The largest absolute Gasteiger partial charge is 0.340 e. The average molecular weight is 357 g/mol. The van der Waals surface area contributed by atoms with Gasteiger partial charge in [0.2, 0.25) is 0 Å². The van der Waals surface area contributed by atoms with Gasteiger partial charge >= 0.3 is 0 Å². The highest BCUT2D eigenvalue weighted by Crippen LogP contribution is 2.25. The molecule has 0 saturated heterocycles. The number of nitrogens with zero attached hydrogens (tertiary/aromatic N) is 4. The predicted octanol–water partition coefficient (Wildman–Crippen LogP) is 3.19. The minimum Gasteiger partial charge on any atom is -0.340 e. The van der Waals surface area contributed by atoms with Gasteiger partial charge in [0.1, 0.15) is 0 Å². The van der Waals surface area contributed by atoms with Gasteiger partial charge in [0.25, 0.3) is 5.91 Å². The standard InChI is InChI=1S/C18H23N5OS/c1-12-14(13(2)20-19-12)7-5-9-22(3)18(24)15-11-16(23(4)21-15)17-8-6-10-25-17/h6,8,10-11H,5,7,9H2,1-4H3,(H,19,20). The van der Waals surface area contributed by atoms with E-state index in [4.69, 9.17) is 0 Å². The summed E-state index contributed by atoms with van der Waals surface area (Å²) in [4.78, 5) is 15.5. The molecule has 6 nitrogen and oxygen atoms in total. The van der Waals surface area contributed by atoms with E-state index < -0.39 is 0 Å². The van der Waals surface area contributed by atoms with Crippen LogP contribution in [0.5, 0.6) is 0 Å². The third-order valence-electron chi connectivity index (χ3n) is 4.42. The van der Waals surface area contributed by atoms with Crippen molar-refractivity contribution in [1.82, 2.24) is 24.9 Å². The van der Waals surface area contributed by atoms with Crippen LogP contribution < -0.4 is 0 Å². The van der Waals surface area contributed by atoms with Gasteiger partial charge in [-0.15, -0.1) is 11.3 Å². The van der Waals surface area contributed by atoms with Crippen molar-refractivity contribution >= 4 is 17.2 Å². The lowest BCUT2D eigenvalue weighted by atomic mass is 10.1. The second-order valence-electron chi connectivity index (χ2n) is 6.26. The third kappa shape index (κ3) is 3.66. The van der Waals surface area contributed by atoms with Crippen molar-refractivity contribution in [3.8, 4) is 10.6 Å². The Hall–Kier alpha value is -2.41. The number of aryl methyl sites for hydroxylation is 3. The molecule has 0 aromatic carbocycles. The Kier molecular flexibility index (Phi) is 5.03. The molecule has 132 valence electrons. The van der Waals surface area contributed by atoms with E-state index in [0.29, 0.717) is 12.2 Å². The molecule has 0 spiro atoms. The fourth-order valence-corrected chi connectivity index (χ4v) is 3.73. The van der Waals surface area contributed by atoms with Crippen LogP contribution >= 0.6 is 11.3 Å². The zero-order valence-corrected chi connectivity index (χ0v) is 15.9. The highest BCUT2D eigenvalue weighted by atomic mass is 32.1. The van der Waals surface area contributed by atoms with Gasteiger partial charge in [-0.1, -0.05) is 6.07 Å². The molecule has 3 heterocycles. The molecular weight excluding hydrogens is 334 g/mol. The molecule has 0 radical (unpaired) electrons. The summed E-state index contributed by atoms with van der Waals surface area (Å²) in [5.41, 5.74) is 4.85. The van der Waals surface area contributed by atoms with E-state index in [9.17, 15) is 4.79 Å². The predicted molar refractivity (Wildman–Crippen MR) is 99.9 cm³/mol. The lowest BCUT2D eigenvalue weighted by Crippen LogP contribution is -2.28. The van der Waals surface area contributed by atoms with E-state index in [1.54, 1.807) is 20.9 Å². The molecule has 0 saturated carbocycles. The molecule has 0 unspecified atom stereocenters. The molecule has 3 rings (SSSR count).